The van der Waals surface area contributed by atoms with E-state index in [2.05, 4.69) is 6.07 Å². The van der Waals surface area contributed by atoms with Gasteiger partial charge in [0.15, 0.2) is 0 Å². The third-order valence-corrected chi connectivity index (χ3v) is 4.24. The molecule has 3 aromatic carbocycles. The van der Waals surface area contributed by atoms with Gasteiger partial charge in [0.25, 0.3) is 0 Å². The summed E-state index contributed by atoms with van der Waals surface area (Å²) in [7, 11) is 0. The molecule has 0 bridgehead atoms. The van der Waals surface area contributed by atoms with Gasteiger partial charge in [-0.2, -0.15) is 5.26 Å². The van der Waals surface area contributed by atoms with Crippen LogP contribution in [0.3, 0.4) is 0 Å². The van der Waals surface area contributed by atoms with Crippen LogP contribution in [0.5, 0.6) is 5.75 Å². The van der Waals surface area contributed by atoms with Gasteiger partial charge in [-0.05, 0) is 47.4 Å². The Kier molecular flexibility index (Phi) is 6.22. The van der Waals surface area contributed by atoms with Crippen molar-refractivity contribution in [2.45, 2.75) is 13.0 Å². The molecular formula is C24H19NO3. The summed E-state index contributed by atoms with van der Waals surface area (Å²) in [5.41, 5.74) is 3.78. The molecule has 0 spiro atoms. The number of hydrogen-bond acceptors (Lipinski definition) is 3. The van der Waals surface area contributed by atoms with E-state index >= 15 is 0 Å². The molecule has 4 heteroatoms. The lowest BCUT2D eigenvalue weighted by molar-refractivity contribution is 0.0697. The molecule has 0 fully saturated rings. The largest absolute Gasteiger partial charge is 0.489 e. The lowest BCUT2D eigenvalue weighted by Crippen LogP contribution is -1.99. The maximum atomic E-state index is 10.9. The average molecular weight is 369 g/mol. The van der Waals surface area contributed by atoms with Gasteiger partial charge in [0, 0.05) is 0 Å². The van der Waals surface area contributed by atoms with Crippen molar-refractivity contribution in [1.82, 2.24) is 0 Å². The summed E-state index contributed by atoms with van der Waals surface area (Å²) < 4.78 is 5.96. The van der Waals surface area contributed by atoms with E-state index < -0.39 is 5.97 Å². The summed E-state index contributed by atoms with van der Waals surface area (Å²) in [5.74, 6) is -0.248. The van der Waals surface area contributed by atoms with Gasteiger partial charge < -0.3 is 9.84 Å². The van der Waals surface area contributed by atoms with E-state index in [9.17, 15) is 4.79 Å². The zero-order valence-electron chi connectivity index (χ0n) is 15.2. The van der Waals surface area contributed by atoms with E-state index in [0.717, 1.165) is 16.7 Å². The first-order valence-electron chi connectivity index (χ1n) is 8.85. The van der Waals surface area contributed by atoms with Crippen LogP contribution in [0.4, 0.5) is 0 Å². The third kappa shape index (κ3) is 5.09. The summed E-state index contributed by atoms with van der Waals surface area (Å²) in [6.07, 6.45) is 4.56. The highest BCUT2D eigenvalue weighted by Gasteiger charge is 2.05. The van der Waals surface area contributed by atoms with Gasteiger partial charge in [-0.25, -0.2) is 4.79 Å². The van der Waals surface area contributed by atoms with Crippen molar-refractivity contribution in [3.8, 4) is 11.8 Å². The zero-order valence-corrected chi connectivity index (χ0v) is 15.2. The van der Waals surface area contributed by atoms with Crippen LogP contribution in [0.2, 0.25) is 0 Å². The van der Waals surface area contributed by atoms with Gasteiger partial charge in [0.2, 0.25) is 0 Å². The van der Waals surface area contributed by atoms with Crippen LogP contribution < -0.4 is 4.74 Å². The Hall–Kier alpha value is -3.84. The van der Waals surface area contributed by atoms with E-state index in [1.54, 1.807) is 36.4 Å². The highest BCUT2D eigenvalue weighted by Crippen LogP contribution is 2.23. The molecule has 0 aliphatic carbocycles. The Labute approximate surface area is 164 Å². The molecule has 138 valence electrons. The predicted molar refractivity (Wildman–Crippen MR) is 108 cm³/mol. The molecule has 0 amide bonds. The summed E-state index contributed by atoms with van der Waals surface area (Å²) in [6, 6.07) is 24.2. The van der Waals surface area contributed by atoms with E-state index in [1.165, 1.54) is 0 Å². The van der Waals surface area contributed by atoms with Crippen LogP contribution in [0.1, 0.15) is 32.6 Å². The molecule has 0 heterocycles. The average Bonchev–Trinajstić information content (AvgIpc) is 2.74. The third-order valence-electron chi connectivity index (χ3n) is 4.24. The maximum absolute atomic E-state index is 10.9. The second-order valence-corrected chi connectivity index (χ2v) is 6.24. The molecule has 4 nitrogen and oxygen atoms in total. The van der Waals surface area contributed by atoms with E-state index in [1.807, 2.05) is 48.6 Å². The molecule has 0 aliphatic rings. The fraction of sp³-hybridized carbons (Fsp3) is 0.0833. The molecule has 0 saturated carbocycles. The molecule has 0 radical (unpaired) electrons. The molecule has 28 heavy (non-hydrogen) atoms. The zero-order chi connectivity index (χ0) is 19.8. The maximum Gasteiger partial charge on any atom is 0.335 e. The summed E-state index contributed by atoms with van der Waals surface area (Å²) >= 11 is 0. The van der Waals surface area contributed by atoms with Crippen molar-refractivity contribution < 1.29 is 14.6 Å². The van der Waals surface area contributed by atoms with Crippen LogP contribution in [-0.4, -0.2) is 11.1 Å². The van der Waals surface area contributed by atoms with Crippen molar-refractivity contribution in [3.63, 3.8) is 0 Å². The highest BCUT2D eigenvalue weighted by atomic mass is 16.5. The van der Waals surface area contributed by atoms with Gasteiger partial charge in [-0.1, -0.05) is 60.7 Å². The minimum absolute atomic E-state index is 0.265. The van der Waals surface area contributed by atoms with Crippen molar-refractivity contribution in [2.24, 2.45) is 0 Å². The van der Waals surface area contributed by atoms with Crippen molar-refractivity contribution >= 4 is 12.0 Å². The molecule has 0 aromatic heterocycles. The molecule has 0 unspecified atom stereocenters. The van der Waals surface area contributed by atoms with Crippen LogP contribution in [0.15, 0.2) is 78.9 Å². The van der Waals surface area contributed by atoms with Gasteiger partial charge in [-0.15, -0.1) is 0 Å². The normalized spacial score (nSPS) is 10.5. The Bertz CT molecular complexity index is 1020. The lowest BCUT2D eigenvalue weighted by atomic mass is 10.1. The van der Waals surface area contributed by atoms with Crippen molar-refractivity contribution in [3.05, 3.63) is 107 Å². The Morgan fingerprint density at radius 2 is 1.79 bits per heavy atom. The number of aromatic carboxylic acids is 1. The topological polar surface area (TPSA) is 70.3 Å². The van der Waals surface area contributed by atoms with Crippen molar-refractivity contribution in [1.29, 1.82) is 5.26 Å². The number of hydrogen-bond donors (Lipinski definition) is 1. The van der Waals surface area contributed by atoms with E-state index in [0.29, 0.717) is 24.3 Å². The fourth-order valence-electron chi connectivity index (χ4n) is 2.72. The molecule has 1 N–H and O–H groups in total. The molecule has 0 aliphatic heterocycles. The van der Waals surface area contributed by atoms with Gasteiger partial charge in [-0.3, -0.25) is 0 Å². The summed E-state index contributed by atoms with van der Waals surface area (Å²) in [6.45, 7) is 0.434. The minimum atomic E-state index is -0.937. The number of rotatable bonds is 7. The number of carboxylic acid groups (broad SMARTS) is 1. The quantitative estimate of drug-likeness (QED) is 0.630. The van der Waals surface area contributed by atoms with E-state index in [-0.39, 0.29) is 5.56 Å². The SMILES string of the molecule is N#Cc1ccc(C/C=C\c2ccc(C(=O)O)cc2)c(OCc2ccccc2)c1. The first-order valence-corrected chi connectivity index (χ1v) is 8.85. The van der Waals surface area contributed by atoms with Gasteiger partial charge in [0.05, 0.1) is 17.2 Å². The Morgan fingerprint density at radius 3 is 2.46 bits per heavy atom. The number of carbonyl (C=O) groups is 1. The van der Waals surface area contributed by atoms with Crippen LogP contribution in [0.25, 0.3) is 6.08 Å². The van der Waals surface area contributed by atoms with E-state index in [4.69, 9.17) is 15.1 Å². The monoisotopic (exact) mass is 369 g/mol. The first kappa shape index (κ1) is 18.9. The smallest absolute Gasteiger partial charge is 0.335 e. The molecule has 3 aromatic rings. The fourth-order valence-corrected chi connectivity index (χ4v) is 2.72. The molecule has 0 atom stereocenters. The Balaban J connectivity index is 1.71. The summed E-state index contributed by atoms with van der Waals surface area (Å²) in [5, 5.41) is 18.1. The first-order chi connectivity index (χ1) is 13.7. The molecule has 3 rings (SSSR count). The predicted octanol–water partition coefficient (Wildman–Crippen LogP) is 5.09. The van der Waals surface area contributed by atoms with Crippen molar-refractivity contribution in [2.75, 3.05) is 0 Å². The van der Waals surface area contributed by atoms with Crippen LogP contribution in [0, 0.1) is 11.3 Å². The number of carboxylic acids is 1. The Morgan fingerprint density at radius 1 is 1.04 bits per heavy atom. The second-order valence-electron chi connectivity index (χ2n) is 6.24. The second kappa shape index (κ2) is 9.20. The van der Waals surface area contributed by atoms with Gasteiger partial charge >= 0.3 is 5.97 Å². The lowest BCUT2D eigenvalue weighted by Gasteiger charge is -2.11. The number of nitrogens with zero attached hydrogens (tertiary/aromatic N) is 1. The van der Waals surface area contributed by atoms with Gasteiger partial charge in [0.1, 0.15) is 12.4 Å². The standard InChI is InChI=1S/C24H19NO3/c25-16-20-11-12-21(23(15-20)28-17-19-5-2-1-3-6-19)8-4-7-18-9-13-22(14-10-18)24(26)27/h1-7,9-15H,8,17H2,(H,26,27)/b7-4-. The highest BCUT2D eigenvalue weighted by molar-refractivity contribution is 5.87. The number of benzene rings is 3. The molecule has 0 saturated heterocycles. The number of ether oxygens (including phenoxy) is 1. The number of nitriles is 1. The molecular weight excluding hydrogens is 350 g/mol. The van der Waals surface area contributed by atoms with Crippen LogP contribution in [-0.2, 0) is 13.0 Å². The number of allylic oxidation sites excluding steroid dienone is 1. The minimum Gasteiger partial charge on any atom is -0.489 e. The summed E-state index contributed by atoms with van der Waals surface area (Å²) in [4.78, 5) is 10.9. The van der Waals surface area contributed by atoms with Crippen LogP contribution >= 0.6 is 0 Å².